The summed E-state index contributed by atoms with van der Waals surface area (Å²) in [6.07, 6.45) is 15.1. The average molecular weight is 535 g/mol. The summed E-state index contributed by atoms with van der Waals surface area (Å²) in [5.41, 5.74) is 1.46. The number of para-hydroxylation sites is 2. The molecule has 5 aliphatic rings. The Labute approximate surface area is 230 Å². The monoisotopic (exact) mass is 534 g/mol. The fourth-order valence-electron chi connectivity index (χ4n) is 9.18. The second-order valence-electron chi connectivity index (χ2n) is 13.0. The average Bonchev–Trinajstić information content (AvgIpc) is 3.06. The number of nitrogens with zero attached hydrogens (tertiary/aromatic N) is 4. The standard InChI is InChI=1S/C31H42N4O4/c1-39-27-18-33(28(27)31(37)38)29-30(36)35(26-12-5-4-11-25(26)32-29)24-16-21-9-6-10-22(17-24)34(21)23-14-19-7-2-3-8-20(13-19)15-23/h4-5,11-12,19-24,27-28H,2-3,6-10,13-18H2,1H3,(H,37,38). The second-order valence-corrected chi connectivity index (χ2v) is 13.0. The van der Waals surface area contributed by atoms with Gasteiger partial charge in [0.1, 0.15) is 6.10 Å². The highest BCUT2D eigenvalue weighted by atomic mass is 16.5. The number of aliphatic carboxylic acids is 1. The topological polar surface area (TPSA) is 87.9 Å². The number of rotatable bonds is 5. The highest BCUT2D eigenvalue weighted by Gasteiger charge is 2.48. The Morgan fingerprint density at radius 2 is 1.59 bits per heavy atom. The van der Waals surface area contributed by atoms with Crippen molar-refractivity contribution in [2.24, 2.45) is 11.8 Å². The van der Waals surface area contributed by atoms with Crippen molar-refractivity contribution >= 4 is 22.8 Å². The molecule has 0 amide bonds. The van der Waals surface area contributed by atoms with Crippen molar-refractivity contribution in [2.75, 3.05) is 18.6 Å². The zero-order valence-electron chi connectivity index (χ0n) is 23.1. The van der Waals surface area contributed by atoms with Crippen LogP contribution in [0.4, 0.5) is 5.82 Å². The van der Waals surface area contributed by atoms with Crippen molar-refractivity contribution in [3.8, 4) is 0 Å². The molecule has 2 aromatic rings. The fourth-order valence-corrected chi connectivity index (χ4v) is 9.18. The quantitative estimate of drug-likeness (QED) is 0.600. The zero-order chi connectivity index (χ0) is 26.7. The molecule has 8 heteroatoms. The first-order valence-corrected chi connectivity index (χ1v) is 15.3. The maximum Gasteiger partial charge on any atom is 0.329 e. The molecule has 4 bridgehead atoms. The molecule has 5 fully saturated rings. The third-order valence-electron chi connectivity index (χ3n) is 10.8. The molecule has 2 aliphatic carbocycles. The maximum absolute atomic E-state index is 14.2. The number of ether oxygens (including phenoxy) is 1. The number of carbonyl (C=O) groups is 1. The van der Waals surface area contributed by atoms with Crippen LogP contribution in [-0.2, 0) is 9.53 Å². The largest absolute Gasteiger partial charge is 0.480 e. The summed E-state index contributed by atoms with van der Waals surface area (Å²) < 4.78 is 7.36. The van der Waals surface area contributed by atoms with Crippen LogP contribution in [0.15, 0.2) is 29.1 Å². The van der Waals surface area contributed by atoms with Crippen molar-refractivity contribution in [3.63, 3.8) is 0 Å². The van der Waals surface area contributed by atoms with E-state index in [1.807, 2.05) is 28.8 Å². The van der Waals surface area contributed by atoms with Crippen LogP contribution in [0, 0.1) is 11.8 Å². The summed E-state index contributed by atoms with van der Waals surface area (Å²) in [5.74, 6) is 1.07. The lowest BCUT2D eigenvalue weighted by Crippen LogP contribution is -2.66. The lowest BCUT2D eigenvalue weighted by atomic mass is 9.73. The van der Waals surface area contributed by atoms with Crippen LogP contribution in [0.5, 0.6) is 0 Å². The van der Waals surface area contributed by atoms with Gasteiger partial charge in [0.05, 0.1) is 11.0 Å². The molecule has 4 heterocycles. The second kappa shape index (κ2) is 10.2. The molecular weight excluding hydrogens is 492 g/mol. The molecule has 39 heavy (non-hydrogen) atoms. The van der Waals surface area contributed by atoms with E-state index in [-0.39, 0.29) is 17.4 Å². The van der Waals surface area contributed by atoms with Gasteiger partial charge in [-0.3, -0.25) is 9.69 Å². The summed E-state index contributed by atoms with van der Waals surface area (Å²) in [6, 6.07) is 8.81. The molecule has 210 valence electrons. The van der Waals surface area contributed by atoms with Gasteiger partial charge >= 0.3 is 5.97 Å². The predicted molar refractivity (Wildman–Crippen MR) is 150 cm³/mol. The third-order valence-corrected chi connectivity index (χ3v) is 10.8. The van der Waals surface area contributed by atoms with Crippen molar-refractivity contribution in [2.45, 2.75) is 113 Å². The summed E-state index contributed by atoms with van der Waals surface area (Å²) in [6.45, 7) is 0.363. The van der Waals surface area contributed by atoms with Gasteiger partial charge in [-0.1, -0.05) is 44.2 Å². The number of carboxylic acid groups (broad SMARTS) is 1. The Hall–Kier alpha value is -2.45. The lowest BCUT2D eigenvalue weighted by molar-refractivity contribution is -0.145. The van der Waals surface area contributed by atoms with Gasteiger partial charge in [0.25, 0.3) is 5.56 Å². The Balaban J connectivity index is 1.22. The molecule has 2 saturated carbocycles. The number of aromatic nitrogens is 2. The molecule has 1 aromatic heterocycles. The van der Waals surface area contributed by atoms with Crippen LogP contribution in [0.25, 0.3) is 11.0 Å². The summed E-state index contributed by atoms with van der Waals surface area (Å²) in [5, 5.41) is 9.86. The highest BCUT2D eigenvalue weighted by Crippen LogP contribution is 2.47. The number of fused-ring (bicyclic) bond motifs is 5. The van der Waals surface area contributed by atoms with Crippen molar-refractivity contribution < 1.29 is 14.6 Å². The SMILES string of the molecule is COC1CN(c2nc3ccccc3n(C3CC4CCCC(C3)N4C3CC4CCCCC(C4)C3)c2=O)C1C(=O)O. The fraction of sp³-hybridized carbons (Fsp3) is 0.710. The molecule has 7 rings (SSSR count). The normalized spacial score (nSPS) is 36.8. The molecule has 6 unspecified atom stereocenters. The molecule has 1 N–H and O–H groups in total. The molecule has 8 nitrogen and oxygen atoms in total. The number of piperidine rings is 2. The Kier molecular flexibility index (Phi) is 6.66. The van der Waals surface area contributed by atoms with Gasteiger partial charge in [-0.15, -0.1) is 0 Å². The Morgan fingerprint density at radius 3 is 2.26 bits per heavy atom. The minimum atomic E-state index is -0.982. The van der Waals surface area contributed by atoms with E-state index in [0.717, 1.165) is 35.7 Å². The van der Waals surface area contributed by atoms with Gasteiger partial charge in [-0.25, -0.2) is 9.78 Å². The maximum atomic E-state index is 14.2. The van der Waals surface area contributed by atoms with Crippen molar-refractivity contribution in [1.82, 2.24) is 14.5 Å². The first kappa shape index (κ1) is 25.5. The van der Waals surface area contributed by atoms with E-state index in [4.69, 9.17) is 9.72 Å². The molecule has 0 spiro atoms. The van der Waals surface area contributed by atoms with Crippen LogP contribution in [0.3, 0.4) is 0 Å². The number of hydrogen-bond donors (Lipinski definition) is 1. The third kappa shape index (κ3) is 4.38. The van der Waals surface area contributed by atoms with E-state index in [1.54, 1.807) is 4.90 Å². The minimum absolute atomic E-state index is 0.101. The number of methoxy groups -OCH3 is 1. The van der Waals surface area contributed by atoms with Gasteiger partial charge in [0.2, 0.25) is 0 Å². The van der Waals surface area contributed by atoms with Crippen LogP contribution in [0.2, 0.25) is 0 Å². The first-order valence-electron chi connectivity index (χ1n) is 15.3. The number of carboxylic acids is 1. The van der Waals surface area contributed by atoms with Crippen molar-refractivity contribution in [1.29, 1.82) is 0 Å². The van der Waals surface area contributed by atoms with Gasteiger partial charge in [0.15, 0.2) is 11.9 Å². The van der Waals surface area contributed by atoms with E-state index in [1.165, 1.54) is 71.3 Å². The molecule has 6 atom stereocenters. The molecular formula is C31H42N4O4. The predicted octanol–water partition coefficient (Wildman–Crippen LogP) is 4.60. The van der Waals surface area contributed by atoms with E-state index in [0.29, 0.717) is 24.7 Å². The van der Waals surface area contributed by atoms with Crippen molar-refractivity contribution in [3.05, 3.63) is 34.6 Å². The lowest BCUT2D eigenvalue weighted by Gasteiger charge is -2.54. The summed E-state index contributed by atoms with van der Waals surface area (Å²) >= 11 is 0. The summed E-state index contributed by atoms with van der Waals surface area (Å²) in [4.78, 5) is 35.5. The first-order chi connectivity index (χ1) is 19.0. The highest BCUT2D eigenvalue weighted by molar-refractivity contribution is 5.83. The smallest absolute Gasteiger partial charge is 0.329 e. The van der Waals surface area contributed by atoms with E-state index >= 15 is 0 Å². The molecule has 0 radical (unpaired) electrons. The molecule has 1 aromatic carbocycles. The van der Waals surface area contributed by atoms with Crippen LogP contribution >= 0.6 is 0 Å². The minimum Gasteiger partial charge on any atom is -0.480 e. The number of hydrogen-bond acceptors (Lipinski definition) is 6. The van der Waals surface area contributed by atoms with E-state index in [9.17, 15) is 14.7 Å². The van der Waals surface area contributed by atoms with Gasteiger partial charge < -0.3 is 19.3 Å². The van der Waals surface area contributed by atoms with Crippen LogP contribution in [-0.4, -0.2) is 69.5 Å². The van der Waals surface area contributed by atoms with Crippen LogP contribution in [0.1, 0.15) is 83.1 Å². The number of benzene rings is 1. The molecule has 3 saturated heterocycles. The molecule has 3 aliphatic heterocycles. The van der Waals surface area contributed by atoms with E-state index < -0.39 is 18.1 Å². The van der Waals surface area contributed by atoms with E-state index in [2.05, 4.69) is 4.90 Å². The summed E-state index contributed by atoms with van der Waals surface area (Å²) in [7, 11) is 1.53. The van der Waals surface area contributed by atoms with Gasteiger partial charge in [-0.2, -0.15) is 0 Å². The van der Waals surface area contributed by atoms with Gasteiger partial charge in [0, 0.05) is 37.8 Å². The van der Waals surface area contributed by atoms with Gasteiger partial charge in [-0.05, 0) is 68.9 Å². The Morgan fingerprint density at radius 1 is 0.897 bits per heavy atom. The Bertz CT molecular complexity index is 1270. The number of anilines is 1. The van der Waals surface area contributed by atoms with Crippen LogP contribution < -0.4 is 10.5 Å². The zero-order valence-corrected chi connectivity index (χ0v) is 23.1.